The van der Waals surface area contributed by atoms with E-state index in [0.29, 0.717) is 12.8 Å². The summed E-state index contributed by atoms with van der Waals surface area (Å²) in [6, 6.07) is 20.5. The van der Waals surface area contributed by atoms with Gasteiger partial charge in [-0.25, -0.2) is 4.68 Å². The standard InChI is InChI=1S/C23H26N4O/c1-25-14-15-26(22(18-25)20-8-4-2-5-9-20)23(28)13-12-19-16-24-27(17-19)21-10-6-3-7-11-21/h2-11,16-17,22H,12-15,18H2,1H3. The molecular formula is C23H26N4O. The number of amides is 1. The Morgan fingerprint density at radius 2 is 1.75 bits per heavy atom. The van der Waals surface area contributed by atoms with E-state index in [1.165, 1.54) is 5.56 Å². The second-order valence-electron chi connectivity index (χ2n) is 7.40. The van der Waals surface area contributed by atoms with Crippen LogP contribution in [-0.2, 0) is 11.2 Å². The minimum Gasteiger partial charge on any atom is -0.333 e. The number of benzene rings is 2. The van der Waals surface area contributed by atoms with Crippen LogP contribution >= 0.6 is 0 Å². The zero-order valence-electron chi connectivity index (χ0n) is 16.2. The Morgan fingerprint density at radius 3 is 2.50 bits per heavy atom. The summed E-state index contributed by atoms with van der Waals surface area (Å²) in [7, 11) is 2.12. The van der Waals surface area contributed by atoms with Crippen LogP contribution in [0.3, 0.4) is 0 Å². The van der Waals surface area contributed by atoms with Crippen molar-refractivity contribution >= 4 is 5.91 Å². The van der Waals surface area contributed by atoms with Gasteiger partial charge in [-0.2, -0.15) is 5.10 Å². The van der Waals surface area contributed by atoms with Gasteiger partial charge in [-0.15, -0.1) is 0 Å². The van der Waals surface area contributed by atoms with Gasteiger partial charge in [0.25, 0.3) is 0 Å². The van der Waals surface area contributed by atoms with Crippen molar-refractivity contribution in [1.29, 1.82) is 0 Å². The largest absolute Gasteiger partial charge is 0.333 e. The molecule has 0 saturated carbocycles. The number of carbonyl (C=O) groups excluding carboxylic acids is 1. The molecule has 1 aliphatic heterocycles. The minimum absolute atomic E-state index is 0.125. The monoisotopic (exact) mass is 374 g/mol. The Hall–Kier alpha value is -2.92. The molecule has 1 fully saturated rings. The van der Waals surface area contributed by atoms with Gasteiger partial charge in [0, 0.05) is 32.3 Å². The van der Waals surface area contributed by atoms with Crippen molar-refractivity contribution in [3.05, 3.63) is 84.2 Å². The molecule has 1 amide bonds. The third-order valence-electron chi connectivity index (χ3n) is 5.37. The maximum Gasteiger partial charge on any atom is 0.223 e. The Balaban J connectivity index is 1.42. The van der Waals surface area contributed by atoms with Crippen LogP contribution in [0, 0.1) is 0 Å². The Kier molecular flexibility index (Phi) is 5.53. The maximum absolute atomic E-state index is 13.0. The van der Waals surface area contributed by atoms with Crippen LogP contribution in [-0.4, -0.2) is 52.2 Å². The van der Waals surface area contributed by atoms with Crippen LogP contribution in [0.15, 0.2) is 73.1 Å². The van der Waals surface area contributed by atoms with Gasteiger partial charge >= 0.3 is 0 Å². The number of rotatable bonds is 5. The first-order valence-electron chi connectivity index (χ1n) is 9.82. The highest BCUT2D eigenvalue weighted by Gasteiger charge is 2.29. The highest BCUT2D eigenvalue weighted by atomic mass is 16.2. The fourth-order valence-electron chi connectivity index (χ4n) is 3.78. The van der Waals surface area contributed by atoms with Crippen molar-refractivity contribution in [2.45, 2.75) is 18.9 Å². The van der Waals surface area contributed by atoms with Gasteiger partial charge in [-0.3, -0.25) is 4.79 Å². The average Bonchev–Trinajstić information content (AvgIpc) is 3.22. The molecule has 5 nitrogen and oxygen atoms in total. The molecule has 1 aromatic heterocycles. The van der Waals surface area contributed by atoms with Gasteiger partial charge in [0.2, 0.25) is 5.91 Å². The maximum atomic E-state index is 13.0. The summed E-state index contributed by atoms with van der Waals surface area (Å²) in [5, 5.41) is 4.43. The zero-order chi connectivity index (χ0) is 19.3. The number of aromatic nitrogens is 2. The van der Waals surface area contributed by atoms with Gasteiger partial charge in [0.05, 0.1) is 17.9 Å². The van der Waals surface area contributed by atoms with E-state index in [1.807, 2.05) is 65.6 Å². The number of para-hydroxylation sites is 1. The third kappa shape index (κ3) is 4.15. The molecule has 3 aromatic rings. The molecule has 1 atom stereocenters. The van der Waals surface area contributed by atoms with Crippen molar-refractivity contribution in [2.75, 3.05) is 26.7 Å². The molecule has 5 heteroatoms. The van der Waals surface area contributed by atoms with E-state index < -0.39 is 0 Å². The first kappa shape index (κ1) is 18.4. The molecule has 28 heavy (non-hydrogen) atoms. The van der Waals surface area contributed by atoms with E-state index >= 15 is 0 Å². The highest BCUT2D eigenvalue weighted by molar-refractivity contribution is 5.77. The number of aryl methyl sites for hydroxylation is 1. The average molecular weight is 374 g/mol. The summed E-state index contributed by atoms with van der Waals surface area (Å²) in [5.74, 6) is 0.217. The molecule has 1 saturated heterocycles. The molecule has 2 heterocycles. The van der Waals surface area contributed by atoms with Gasteiger partial charge in [-0.1, -0.05) is 48.5 Å². The minimum atomic E-state index is 0.125. The second-order valence-corrected chi connectivity index (χ2v) is 7.40. The number of hydrogen-bond acceptors (Lipinski definition) is 3. The van der Waals surface area contributed by atoms with Crippen LogP contribution in [0.1, 0.15) is 23.6 Å². The van der Waals surface area contributed by atoms with Crippen molar-refractivity contribution in [3.63, 3.8) is 0 Å². The highest BCUT2D eigenvalue weighted by Crippen LogP contribution is 2.25. The molecule has 1 unspecified atom stereocenters. The van der Waals surface area contributed by atoms with E-state index in [2.05, 4.69) is 34.1 Å². The Bertz CT molecular complexity index is 907. The Morgan fingerprint density at radius 1 is 1.04 bits per heavy atom. The van der Waals surface area contributed by atoms with Crippen LogP contribution in [0.2, 0.25) is 0 Å². The number of carbonyl (C=O) groups is 1. The van der Waals surface area contributed by atoms with Crippen molar-refractivity contribution in [1.82, 2.24) is 19.6 Å². The summed E-state index contributed by atoms with van der Waals surface area (Å²) in [5.41, 5.74) is 3.32. The summed E-state index contributed by atoms with van der Waals surface area (Å²) < 4.78 is 1.86. The molecule has 2 aromatic carbocycles. The van der Waals surface area contributed by atoms with Crippen molar-refractivity contribution in [2.24, 2.45) is 0 Å². The van der Waals surface area contributed by atoms with E-state index in [0.717, 1.165) is 30.9 Å². The summed E-state index contributed by atoms with van der Waals surface area (Å²) in [4.78, 5) is 17.4. The quantitative estimate of drug-likeness (QED) is 0.688. The molecule has 4 rings (SSSR count). The Labute approximate surface area is 166 Å². The van der Waals surface area contributed by atoms with Gasteiger partial charge < -0.3 is 9.80 Å². The first-order chi connectivity index (χ1) is 13.7. The smallest absolute Gasteiger partial charge is 0.223 e. The predicted octanol–water partition coefficient (Wildman–Crippen LogP) is 3.32. The zero-order valence-corrected chi connectivity index (χ0v) is 16.2. The number of hydrogen-bond donors (Lipinski definition) is 0. The molecule has 144 valence electrons. The lowest BCUT2D eigenvalue weighted by molar-refractivity contribution is -0.136. The molecule has 0 radical (unpaired) electrons. The fraction of sp³-hybridized carbons (Fsp3) is 0.304. The fourth-order valence-corrected chi connectivity index (χ4v) is 3.78. The summed E-state index contributed by atoms with van der Waals surface area (Å²) in [6.07, 6.45) is 5.09. The van der Waals surface area contributed by atoms with Crippen LogP contribution in [0.5, 0.6) is 0 Å². The normalized spacial score (nSPS) is 17.6. The third-order valence-corrected chi connectivity index (χ3v) is 5.37. The van der Waals surface area contributed by atoms with Crippen LogP contribution in [0.25, 0.3) is 5.69 Å². The topological polar surface area (TPSA) is 41.4 Å². The summed E-state index contributed by atoms with van der Waals surface area (Å²) in [6.45, 7) is 2.57. The van der Waals surface area contributed by atoms with E-state index in [1.54, 1.807) is 0 Å². The molecular weight excluding hydrogens is 348 g/mol. The number of piperazine rings is 1. The SMILES string of the molecule is CN1CCN(C(=O)CCc2cnn(-c3ccccc3)c2)C(c2ccccc2)C1. The van der Waals surface area contributed by atoms with E-state index in [4.69, 9.17) is 0 Å². The predicted molar refractivity (Wildman–Crippen MR) is 110 cm³/mol. The summed E-state index contributed by atoms with van der Waals surface area (Å²) >= 11 is 0. The molecule has 0 aliphatic carbocycles. The number of likely N-dealkylation sites (N-methyl/N-ethyl adjacent to an activating group) is 1. The molecule has 1 aliphatic rings. The van der Waals surface area contributed by atoms with Gasteiger partial charge in [0.1, 0.15) is 0 Å². The van der Waals surface area contributed by atoms with Crippen LogP contribution < -0.4 is 0 Å². The number of nitrogens with zero attached hydrogens (tertiary/aromatic N) is 4. The lowest BCUT2D eigenvalue weighted by Gasteiger charge is -2.40. The van der Waals surface area contributed by atoms with Gasteiger partial charge in [0.15, 0.2) is 0 Å². The van der Waals surface area contributed by atoms with E-state index in [9.17, 15) is 4.79 Å². The first-order valence-corrected chi connectivity index (χ1v) is 9.82. The van der Waals surface area contributed by atoms with Gasteiger partial charge in [-0.05, 0) is 36.7 Å². The lowest BCUT2D eigenvalue weighted by Crippen LogP contribution is -2.49. The second kappa shape index (κ2) is 8.40. The molecule has 0 bridgehead atoms. The van der Waals surface area contributed by atoms with Crippen molar-refractivity contribution in [3.8, 4) is 5.69 Å². The lowest BCUT2D eigenvalue weighted by atomic mass is 10.0. The molecule has 0 spiro atoms. The van der Waals surface area contributed by atoms with Crippen LogP contribution in [0.4, 0.5) is 0 Å². The van der Waals surface area contributed by atoms with E-state index in [-0.39, 0.29) is 11.9 Å². The van der Waals surface area contributed by atoms with Crippen molar-refractivity contribution < 1.29 is 4.79 Å². The molecule has 0 N–H and O–H groups in total.